The summed E-state index contributed by atoms with van der Waals surface area (Å²) in [6.07, 6.45) is 0. The summed E-state index contributed by atoms with van der Waals surface area (Å²) in [5, 5.41) is 3.41. The summed E-state index contributed by atoms with van der Waals surface area (Å²) >= 11 is 12.2. The lowest BCUT2D eigenvalue weighted by Crippen LogP contribution is -2.16. The highest BCUT2D eigenvalue weighted by Crippen LogP contribution is 2.32. The number of halogens is 2. The highest BCUT2D eigenvalue weighted by molar-refractivity contribution is 6.35. The van der Waals surface area contributed by atoms with Crippen molar-refractivity contribution in [3.63, 3.8) is 0 Å². The average molecular weight is 448 g/mol. The van der Waals surface area contributed by atoms with Gasteiger partial charge in [-0.25, -0.2) is 9.59 Å². The van der Waals surface area contributed by atoms with E-state index in [1.54, 1.807) is 24.3 Å². The molecule has 0 spiro atoms. The van der Waals surface area contributed by atoms with E-state index in [4.69, 9.17) is 32.4 Å². The summed E-state index contributed by atoms with van der Waals surface area (Å²) in [6.45, 7) is 0. The number of benzene rings is 2. The van der Waals surface area contributed by atoms with Crippen molar-refractivity contribution in [3.05, 3.63) is 75.5 Å². The van der Waals surface area contributed by atoms with Crippen molar-refractivity contribution >= 4 is 46.7 Å². The first kappa shape index (κ1) is 21.4. The largest absolute Gasteiger partial charge is 0.465 e. The molecule has 0 bridgehead atoms. The number of carbonyl (C=O) groups is 3. The number of carbonyl (C=O) groups excluding carboxylic acids is 3. The Morgan fingerprint density at radius 1 is 0.900 bits per heavy atom. The number of rotatable bonds is 5. The van der Waals surface area contributed by atoms with Crippen LogP contribution in [0.25, 0.3) is 11.3 Å². The van der Waals surface area contributed by atoms with E-state index in [1.165, 1.54) is 38.5 Å². The second-order valence-corrected chi connectivity index (χ2v) is 6.83. The molecule has 1 N–H and O–H groups in total. The van der Waals surface area contributed by atoms with Gasteiger partial charge in [0.05, 0.1) is 36.1 Å². The predicted molar refractivity (Wildman–Crippen MR) is 111 cm³/mol. The van der Waals surface area contributed by atoms with E-state index in [1.807, 2.05) is 0 Å². The van der Waals surface area contributed by atoms with Gasteiger partial charge in [-0.1, -0.05) is 23.2 Å². The minimum Gasteiger partial charge on any atom is -0.465 e. The molecule has 7 nitrogen and oxygen atoms in total. The summed E-state index contributed by atoms with van der Waals surface area (Å²) in [4.78, 5) is 36.5. The molecule has 30 heavy (non-hydrogen) atoms. The first-order chi connectivity index (χ1) is 14.3. The molecule has 0 radical (unpaired) electrons. The zero-order valence-corrected chi connectivity index (χ0v) is 17.3. The minimum atomic E-state index is -0.687. The number of hydrogen-bond donors (Lipinski definition) is 1. The van der Waals surface area contributed by atoms with E-state index in [-0.39, 0.29) is 22.6 Å². The lowest BCUT2D eigenvalue weighted by Gasteiger charge is -2.10. The Bertz CT molecular complexity index is 1140. The molecule has 1 aromatic heterocycles. The Hall–Kier alpha value is -3.29. The lowest BCUT2D eigenvalue weighted by molar-refractivity contribution is 0.0587. The molecule has 1 amide bonds. The second-order valence-electron chi connectivity index (χ2n) is 5.99. The van der Waals surface area contributed by atoms with Gasteiger partial charge in [-0.05, 0) is 48.5 Å². The fourth-order valence-electron chi connectivity index (χ4n) is 2.66. The van der Waals surface area contributed by atoms with Gasteiger partial charge in [0.1, 0.15) is 5.76 Å². The Balaban J connectivity index is 1.92. The third-order valence-electron chi connectivity index (χ3n) is 4.12. The zero-order valence-electron chi connectivity index (χ0n) is 15.8. The Morgan fingerprint density at radius 3 is 2.33 bits per heavy atom. The number of esters is 2. The minimum absolute atomic E-state index is 0.0414. The SMILES string of the molecule is COC(=O)c1ccc(C(=O)OC)c(NC(=O)c2ccc(-c3cc(Cl)ccc3Cl)o2)c1. The molecule has 0 atom stereocenters. The van der Waals surface area contributed by atoms with Gasteiger partial charge >= 0.3 is 11.9 Å². The maximum atomic E-state index is 12.7. The number of amides is 1. The van der Waals surface area contributed by atoms with Gasteiger partial charge in [0.25, 0.3) is 5.91 Å². The maximum Gasteiger partial charge on any atom is 0.339 e. The first-order valence-corrected chi connectivity index (χ1v) is 9.27. The molecular formula is C21H15Cl2NO6. The standard InChI is InChI=1S/C21H15Cl2NO6/c1-28-20(26)11-3-5-13(21(27)29-2)16(9-11)24-19(25)18-8-7-17(30-18)14-10-12(22)4-6-15(14)23/h3-10H,1-2H3,(H,24,25). The van der Waals surface area contributed by atoms with Crippen molar-refractivity contribution < 1.29 is 28.3 Å². The molecule has 3 aromatic rings. The third kappa shape index (κ3) is 4.48. The van der Waals surface area contributed by atoms with Gasteiger partial charge in [0.15, 0.2) is 5.76 Å². The number of furan rings is 1. The highest BCUT2D eigenvalue weighted by atomic mass is 35.5. The van der Waals surface area contributed by atoms with E-state index in [2.05, 4.69) is 10.1 Å². The first-order valence-electron chi connectivity index (χ1n) is 8.51. The number of hydrogen-bond acceptors (Lipinski definition) is 6. The van der Waals surface area contributed by atoms with E-state index < -0.39 is 17.8 Å². The van der Waals surface area contributed by atoms with E-state index in [0.29, 0.717) is 21.4 Å². The van der Waals surface area contributed by atoms with Gasteiger partial charge < -0.3 is 19.2 Å². The van der Waals surface area contributed by atoms with Crippen LogP contribution in [0.4, 0.5) is 5.69 Å². The summed E-state index contributed by atoms with van der Waals surface area (Å²) in [7, 11) is 2.43. The molecule has 9 heteroatoms. The summed E-state index contributed by atoms with van der Waals surface area (Å²) in [5.41, 5.74) is 0.786. The fraction of sp³-hybridized carbons (Fsp3) is 0.0952. The Morgan fingerprint density at radius 2 is 1.63 bits per heavy atom. The summed E-state index contributed by atoms with van der Waals surface area (Å²) in [5.74, 6) is -1.67. The van der Waals surface area contributed by atoms with Crippen LogP contribution in [0.2, 0.25) is 10.0 Å². The highest BCUT2D eigenvalue weighted by Gasteiger charge is 2.20. The maximum absolute atomic E-state index is 12.7. The van der Waals surface area contributed by atoms with Crippen molar-refractivity contribution in [2.24, 2.45) is 0 Å². The van der Waals surface area contributed by atoms with Crippen LogP contribution in [0.15, 0.2) is 52.9 Å². The second kappa shape index (κ2) is 9.02. The Labute approximate surface area is 181 Å². The van der Waals surface area contributed by atoms with E-state index >= 15 is 0 Å². The summed E-state index contributed by atoms with van der Waals surface area (Å²) in [6, 6.07) is 11.9. The zero-order chi connectivity index (χ0) is 21.8. The van der Waals surface area contributed by atoms with Crippen LogP contribution in [-0.2, 0) is 9.47 Å². The molecule has 0 aliphatic heterocycles. The van der Waals surface area contributed by atoms with E-state index in [9.17, 15) is 14.4 Å². The monoisotopic (exact) mass is 447 g/mol. The van der Waals surface area contributed by atoms with Gasteiger partial charge in [0, 0.05) is 10.6 Å². The number of methoxy groups -OCH3 is 2. The molecular weight excluding hydrogens is 433 g/mol. The normalized spacial score (nSPS) is 10.4. The molecule has 3 rings (SSSR count). The van der Waals surface area contributed by atoms with Crippen molar-refractivity contribution in [2.75, 3.05) is 19.5 Å². The molecule has 154 valence electrons. The van der Waals surface area contributed by atoms with Crippen LogP contribution in [0.3, 0.4) is 0 Å². The van der Waals surface area contributed by atoms with Crippen LogP contribution in [0.5, 0.6) is 0 Å². The molecule has 1 heterocycles. The molecule has 0 aliphatic carbocycles. The van der Waals surface area contributed by atoms with Gasteiger partial charge in [-0.2, -0.15) is 0 Å². The summed E-state index contributed by atoms with van der Waals surface area (Å²) < 4.78 is 15.0. The number of anilines is 1. The lowest BCUT2D eigenvalue weighted by atomic mass is 10.1. The molecule has 0 aliphatic rings. The molecule has 0 saturated heterocycles. The van der Waals surface area contributed by atoms with Gasteiger partial charge in [-0.15, -0.1) is 0 Å². The predicted octanol–water partition coefficient (Wildman–Crippen LogP) is 5.08. The molecule has 0 saturated carbocycles. The molecule has 0 fully saturated rings. The fourth-order valence-corrected chi connectivity index (χ4v) is 3.04. The number of nitrogens with one attached hydrogen (secondary N) is 1. The van der Waals surface area contributed by atoms with Crippen molar-refractivity contribution in [2.45, 2.75) is 0 Å². The topological polar surface area (TPSA) is 94.8 Å². The van der Waals surface area contributed by atoms with Crippen molar-refractivity contribution in [1.29, 1.82) is 0 Å². The van der Waals surface area contributed by atoms with Crippen LogP contribution in [0, 0.1) is 0 Å². The van der Waals surface area contributed by atoms with Crippen molar-refractivity contribution in [3.8, 4) is 11.3 Å². The quantitative estimate of drug-likeness (QED) is 0.547. The third-order valence-corrected chi connectivity index (χ3v) is 4.68. The average Bonchev–Trinajstić information content (AvgIpc) is 3.24. The van der Waals surface area contributed by atoms with Crippen molar-refractivity contribution in [1.82, 2.24) is 0 Å². The van der Waals surface area contributed by atoms with Crippen LogP contribution >= 0.6 is 23.2 Å². The molecule has 2 aromatic carbocycles. The Kier molecular flexibility index (Phi) is 6.44. The van der Waals surface area contributed by atoms with Crippen LogP contribution < -0.4 is 5.32 Å². The van der Waals surface area contributed by atoms with Gasteiger partial charge in [0.2, 0.25) is 0 Å². The smallest absolute Gasteiger partial charge is 0.339 e. The van der Waals surface area contributed by atoms with Crippen LogP contribution in [-0.4, -0.2) is 32.1 Å². The van der Waals surface area contributed by atoms with Crippen LogP contribution in [0.1, 0.15) is 31.3 Å². The van der Waals surface area contributed by atoms with Gasteiger partial charge in [-0.3, -0.25) is 4.79 Å². The number of ether oxygens (including phenoxy) is 2. The molecule has 0 unspecified atom stereocenters. The van der Waals surface area contributed by atoms with E-state index in [0.717, 1.165) is 0 Å².